The quantitative estimate of drug-likeness (QED) is 0.712. The standard InChI is InChI=1S/C13H21N3/c1-13(10-12-8-6-5-7-9-12)15(4)16(13)11-14(2)3/h5-9H,10-11H2,1-4H3/t13-,15?,16?/m0/s1. The van der Waals surface area contributed by atoms with Gasteiger partial charge in [0.05, 0.1) is 6.67 Å². The van der Waals surface area contributed by atoms with Gasteiger partial charge in [-0.1, -0.05) is 30.3 Å². The van der Waals surface area contributed by atoms with Crippen LogP contribution in [-0.2, 0) is 6.42 Å². The SMILES string of the molecule is CN(C)CN1N(C)[C@]1(C)Cc1ccccc1. The average molecular weight is 219 g/mol. The Kier molecular flexibility index (Phi) is 3.02. The molecule has 0 spiro atoms. The van der Waals surface area contributed by atoms with Gasteiger partial charge in [-0.15, -0.1) is 0 Å². The Hall–Kier alpha value is -0.900. The molecule has 0 bridgehead atoms. The number of hydrogen-bond acceptors (Lipinski definition) is 3. The molecule has 1 heterocycles. The number of likely N-dealkylation sites (N-methyl/N-ethyl adjacent to an activating group) is 1. The van der Waals surface area contributed by atoms with Crippen LogP contribution >= 0.6 is 0 Å². The fourth-order valence-electron chi connectivity index (χ4n) is 2.23. The minimum absolute atomic E-state index is 0.186. The zero-order chi connectivity index (χ0) is 11.8. The molecule has 1 aromatic rings. The third-order valence-corrected chi connectivity index (χ3v) is 3.37. The molecule has 0 saturated carbocycles. The molecule has 3 nitrogen and oxygen atoms in total. The number of rotatable bonds is 4. The highest BCUT2D eigenvalue weighted by molar-refractivity contribution is 5.19. The van der Waals surface area contributed by atoms with Crippen LogP contribution in [0.3, 0.4) is 0 Å². The predicted molar refractivity (Wildman–Crippen MR) is 66.7 cm³/mol. The van der Waals surface area contributed by atoms with Crippen molar-refractivity contribution >= 4 is 0 Å². The first kappa shape index (κ1) is 11.6. The van der Waals surface area contributed by atoms with Crippen LogP contribution in [0, 0.1) is 0 Å². The van der Waals surface area contributed by atoms with Crippen molar-refractivity contribution < 1.29 is 0 Å². The van der Waals surface area contributed by atoms with Crippen LogP contribution < -0.4 is 0 Å². The Morgan fingerprint density at radius 3 is 2.38 bits per heavy atom. The van der Waals surface area contributed by atoms with Gasteiger partial charge in [0, 0.05) is 13.5 Å². The normalized spacial score (nSPS) is 33.1. The van der Waals surface area contributed by atoms with Gasteiger partial charge in [0.25, 0.3) is 0 Å². The van der Waals surface area contributed by atoms with E-state index in [-0.39, 0.29) is 5.66 Å². The summed E-state index contributed by atoms with van der Waals surface area (Å²) < 4.78 is 0. The molecule has 1 saturated heterocycles. The van der Waals surface area contributed by atoms with Gasteiger partial charge >= 0.3 is 0 Å². The molecule has 0 N–H and O–H groups in total. The third kappa shape index (κ3) is 2.12. The number of nitrogens with zero attached hydrogens (tertiary/aromatic N) is 3. The summed E-state index contributed by atoms with van der Waals surface area (Å²) in [5, 5.41) is 4.71. The largest absolute Gasteiger partial charge is 0.295 e. The number of hydrazine groups is 1. The highest BCUT2D eigenvalue weighted by Crippen LogP contribution is 2.39. The second-order valence-electron chi connectivity index (χ2n) is 5.02. The molecule has 88 valence electrons. The average Bonchev–Trinajstić information content (AvgIpc) is 2.71. The first-order valence-corrected chi connectivity index (χ1v) is 5.74. The minimum Gasteiger partial charge on any atom is -0.295 e. The Morgan fingerprint density at radius 2 is 1.81 bits per heavy atom. The van der Waals surface area contributed by atoms with Crippen LogP contribution in [0.4, 0.5) is 0 Å². The van der Waals surface area contributed by atoms with E-state index in [0.717, 1.165) is 13.1 Å². The molecule has 0 amide bonds. The van der Waals surface area contributed by atoms with Crippen molar-refractivity contribution in [3.63, 3.8) is 0 Å². The molecule has 1 aliphatic heterocycles. The Labute approximate surface area is 98.2 Å². The van der Waals surface area contributed by atoms with Crippen LogP contribution in [0.15, 0.2) is 30.3 Å². The zero-order valence-electron chi connectivity index (χ0n) is 10.6. The van der Waals surface area contributed by atoms with E-state index in [0.29, 0.717) is 0 Å². The fourth-order valence-corrected chi connectivity index (χ4v) is 2.23. The molecule has 0 aliphatic carbocycles. The van der Waals surface area contributed by atoms with Crippen molar-refractivity contribution in [1.29, 1.82) is 0 Å². The topological polar surface area (TPSA) is 9.26 Å². The summed E-state index contributed by atoms with van der Waals surface area (Å²) in [6.45, 7) is 3.28. The molecule has 0 aromatic heterocycles. The van der Waals surface area contributed by atoms with E-state index in [9.17, 15) is 0 Å². The molecule has 2 rings (SSSR count). The minimum atomic E-state index is 0.186. The molecular weight excluding hydrogens is 198 g/mol. The van der Waals surface area contributed by atoms with E-state index in [2.05, 4.69) is 73.3 Å². The molecular formula is C13H21N3. The zero-order valence-corrected chi connectivity index (χ0v) is 10.6. The van der Waals surface area contributed by atoms with Gasteiger partial charge < -0.3 is 0 Å². The van der Waals surface area contributed by atoms with E-state index in [4.69, 9.17) is 0 Å². The summed E-state index contributed by atoms with van der Waals surface area (Å²) in [4.78, 5) is 2.20. The second-order valence-corrected chi connectivity index (χ2v) is 5.02. The fraction of sp³-hybridized carbons (Fsp3) is 0.538. The molecule has 3 heteroatoms. The van der Waals surface area contributed by atoms with Crippen LogP contribution in [-0.4, -0.2) is 48.4 Å². The van der Waals surface area contributed by atoms with Crippen LogP contribution in [0.5, 0.6) is 0 Å². The lowest BCUT2D eigenvalue weighted by atomic mass is 10.0. The smallest absolute Gasteiger partial charge is 0.103 e. The van der Waals surface area contributed by atoms with Crippen molar-refractivity contribution in [3.05, 3.63) is 35.9 Å². The van der Waals surface area contributed by atoms with Crippen molar-refractivity contribution in [2.24, 2.45) is 0 Å². The van der Waals surface area contributed by atoms with Crippen molar-refractivity contribution in [2.45, 2.75) is 19.0 Å². The summed E-state index contributed by atoms with van der Waals surface area (Å²) in [7, 11) is 6.37. The summed E-state index contributed by atoms with van der Waals surface area (Å²) in [5.41, 5.74) is 1.59. The van der Waals surface area contributed by atoms with Crippen LogP contribution in [0.25, 0.3) is 0 Å². The molecule has 2 unspecified atom stereocenters. The first-order chi connectivity index (χ1) is 7.54. The van der Waals surface area contributed by atoms with E-state index in [1.807, 2.05) is 0 Å². The van der Waals surface area contributed by atoms with Crippen LogP contribution in [0.2, 0.25) is 0 Å². The Morgan fingerprint density at radius 1 is 1.19 bits per heavy atom. The summed E-state index contributed by atoms with van der Waals surface area (Å²) in [6, 6.07) is 10.7. The molecule has 1 aromatic carbocycles. The van der Waals surface area contributed by atoms with Gasteiger partial charge in [-0.05, 0) is 26.6 Å². The predicted octanol–water partition coefficient (Wildman–Crippen LogP) is 1.63. The highest BCUT2D eigenvalue weighted by atomic mass is 15.9. The number of benzene rings is 1. The monoisotopic (exact) mass is 219 g/mol. The van der Waals surface area contributed by atoms with E-state index < -0.39 is 0 Å². The van der Waals surface area contributed by atoms with Gasteiger partial charge in [-0.2, -0.15) is 0 Å². The maximum Gasteiger partial charge on any atom is 0.103 e. The van der Waals surface area contributed by atoms with Crippen molar-refractivity contribution in [3.8, 4) is 0 Å². The molecule has 0 radical (unpaired) electrons. The Balaban J connectivity index is 2.00. The Bertz CT molecular complexity index is 349. The lowest BCUT2D eigenvalue weighted by Crippen LogP contribution is -2.26. The molecule has 1 fully saturated rings. The van der Waals surface area contributed by atoms with Gasteiger partial charge in [-0.25, -0.2) is 10.0 Å². The lowest BCUT2D eigenvalue weighted by Gasteiger charge is -2.13. The summed E-state index contributed by atoms with van der Waals surface area (Å²) in [6.07, 6.45) is 1.08. The molecule has 1 aliphatic rings. The van der Waals surface area contributed by atoms with Gasteiger partial charge in [0.1, 0.15) is 5.66 Å². The van der Waals surface area contributed by atoms with E-state index >= 15 is 0 Å². The first-order valence-electron chi connectivity index (χ1n) is 5.74. The second kappa shape index (κ2) is 4.17. The maximum absolute atomic E-state index is 2.39. The maximum atomic E-state index is 2.39. The molecule has 3 atom stereocenters. The number of hydrogen-bond donors (Lipinski definition) is 0. The summed E-state index contributed by atoms with van der Waals surface area (Å²) >= 11 is 0. The lowest BCUT2D eigenvalue weighted by molar-refractivity contribution is 0.222. The van der Waals surface area contributed by atoms with Gasteiger partial charge in [0.15, 0.2) is 0 Å². The van der Waals surface area contributed by atoms with E-state index in [1.54, 1.807) is 0 Å². The molecule has 16 heavy (non-hydrogen) atoms. The van der Waals surface area contributed by atoms with E-state index in [1.165, 1.54) is 5.56 Å². The summed E-state index contributed by atoms with van der Waals surface area (Å²) in [5.74, 6) is 0. The van der Waals surface area contributed by atoms with Crippen molar-refractivity contribution in [2.75, 3.05) is 27.8 Å². The third-order valence-electron chi connectivity index (χ3n) is 3.37. The van der Waals surface area contributed by atoms with Gasteiger partial charge in [-0.3, -0.25) is 4.90 Å². The van der Waals surface area contributed by atoms with Crippen LogP contribution in [0.1, 0.15) is 12.5 Å². The highest BCUT2D eigenvalue weighted by Gasteiger charge is 2.54. The van der Waals surface area contributed by atoms with Gasteiger partial charge in [0.2, 0.25) is 0 Å². The van der Waals surface area contributed by atoms with Crippen molar-refractivity contribution in [1.82, 2.24) is 14.9 Å².